The average molecular weight is 424 g/mol. The second-order valence-electron chi connectivity index (χ2n) is 6.97. The van der Waals surface area contributed by atoms with E-state index in [2.05, 4.69) is 10.3 Å². The quantitative estimate of drug-likeness (QED) is 0.606. The standard InChI is InChI=1S/C23H25N3O3S/c1-5-29-19-12-8-17(9-13-19)22-24-16(3)21(30-22)23(28)26(4)14-20(27)25-18-10-6-15(2)7-11-18/h6-13H,5,14H2,1-4H3,(H,25,27). The number of carbonyl (C=O) groups excluding carboxylic acids is 2. The molecule has 0 aliphatic carbocycles. The fourth-order valence-corrected chi connectivity index (χ4v) is 3.94. The first-order chi connectivity index (χ1) is 14.4. The first-order valence-corrected chi connectivity index (χ1v) is 10.5. The van der Waals surface area contributed by atoms with Crippen LogP contribution in [-0.4, -0.2) is 41.9 Å². The van der Waals surface area contributed by atoms with E-state index in [1.165, 1.54) is 16.2 Å². The van der Waals surface area contributed by atoms with Crippen molar-refractivity contribution in [3.8, 4) is 16.3 Å². The van der Waals surface area contributed by atoms with E-state index in [0.29, 0.717) is 22.9 Å². The Labute approximate surface area is 180 Å². The van der Waals surface area contributed by atoms with Gasteiger partial charge in [0.1, 0.15) is 15.6 Å². The smallest absolute Gasteiger partial charge is 0.266 e. The van der Waals surface area contributed by atoms with E-state index in [-0.39, 0.29) is 18.4 Å². The molecule has 0 saturated heterocycles. The highest BCUT2D eigenvalue weighted by Crippen LogP contribution is 2.30. The minimum Gasteiger partial charge on any atom is -0.494 e. The molecule has 0 radical (unpaired) electrons. The largest absolute Gasteiger partial charge is 0.494 e. The summed E-state index contributed by atoms with van der Waals surface area (Å²) in [6.45, 7) is 6.30. The maximum absolute atomic E-state index is 12.9. The number of nitrogens with one attached hydrogen (secondary N) is 1. The van der Waals surface area contributed by atoms with E-state index >= 15 is 0 Å². The number of hydrogen-bond donors (Lipinski definition) is 1. The van der Waals surface area contributed by atoms with Crippen LogP contribution in [-0.2, 0) is 4.79 Å². The lowest BCUT2D eigenvalue weighted by atomic mass is 10.2. The Kier molecular flexibility index (Phi) is 6.84. The van der Waals surface area contributed by atoms with Crippen LogP contribution in [0.1, 0.15) is 27.9 Å². The lowest BCUT2D eigenvalue weighted by Gasteiger charge is -2.16. The number of nitrogens with zero attached hydrogens (tertiary/aromatic N) is 2. The number of thiazole rings is 1. The maximum Gasteiger partial charge on any atom is 0.266 e. The highest BCUT2D eigenvalue weighted by atomic mass is 32.1. The van der Waals surface area contributed by atoms with Gasteiger partial charge in [0.2, 0.25) is 5.91 Å². The Balaban J connectivity index is 1.67. The van der Waals surface area contributed by atoms with Crippen molar-refractivity contribution < 1.29 is 14.3 Å². The van der Waals surface area contributed by atoms with E-state index in [9.17, 15) is 9.59 Å². The van der Waals surface area contributed by atoms with Crippen molar-refractivity contribution in [1.82, 2.24) is 9.88 Å². The van der Waals surface area contributed by atoms with E-state index in [1.807, 2.05) is 69.3 Å². The maximum atomic E-state index is 12.9. The third kappa shape index (κ3) is 5.24. The molecule has 6 nitrogen and oxygen atoms in total. The second kappa shape index (κ2) is 9.54. The van der Waals surface area contributed by atoms with Crippen LogP contribution in [0.15, 0.2) is 48.5 Å². The van der Waals surface area contributed by atoms with Gasteiger partial charge in [-0.3, -0.25) is 9.59 Å². The summed E-state index contributed by atoms with van der Waals surface area (Å²) in [4.78, 5) is 31.7. The van der Waals surface area contributed by atoms with Gasteiger partial charge in [0, 0.05) is 18.3 Å². The van der Waals surface area contributed by atoms with Gasteiger partial charge in [0.05, 0.1) is 18.8 Å². The molecule has 0 aliphatic heterocycles. The van der Waals surface area contributed by atoms with Gasteiger partial charge in [-0.2, -0.15) is 0 Å². The molecule has 1 heterocycles. The summed E-state index contributed by atoms with van der Waals surface area (Å²) in [5, 5.41) is 3.57. The number of aromatic nitrogens is 1. The minimum atomic E-state index is -0.247. The van der Waals surface area contributed by atoms with E-state index in [4.69, 9.17) is 4.74 Å². The number of carbonyl (C=O) groups is 2. The van der Waals surface area contributed by atoms with Crippen LogP contribution in [0, 0.1) is 13.8 Å². The molecule has 30 heavy (non-hydrogen) atoms. The van der Waals surface area contributed by atoms with Crippen LogP contribution in [0.2, 0.25) is 0 Å². The summed E-state index contributed by atoms with van der Waals surface area (Å²) in [6, 6.07) is 15.2. The lowest BCUT2D eigenvalue weighted by molar-refractivity contribution is -0.116. The molecule has 3 rings (SSSR count). The summed E-state index contributed by atoms with van der Waals surface area (Å²) in [6.07, 6.45) is 0. The second-order valence-corrected chi connectivity index (χ2v) is 7.97. The predicted molar refractivity (Wildman–Crippen MR) is 120 cm³/mol. The monoisotopic (exact) mass is 423 g/mol. The predicted octanol–water partition coefficient (Wildman–Crippen LogP) is 4.54. The molecule has 2 amide bonds. The number of aryl methyl sites for hydroxylation is 2. The number of hydrogen-bond acceptors (Lipinski definition) is 5. The third-order valence-electron chi connectivity index (χ3n) is 4.47. The summed E-state index contributed by atoms with van der Waals surface area (Å²) < 4.78 is 5.46. The van der Waals surface area contributed by atoms with Gasteiger partial charge in [0.25, 0.3) is 5.91 Å². The Morgan fingerprint density at radius 3 is 2.37 bits per heavy atom. The van der Waals surface area contributed by atoms with Crippen molar-refractivity contribution in [2.75, 3.05) is 25.5 Å². The van der Waals surface area contributed by atoms with Crippen molar-refractivity contribution in [3.05, 3.63) is 64.7 Å². The van der Waals surface area contributed by atoms with Crippen LogP contribution >= 0.6 is 11.3 Å². The fraction of sp³-hybridized carbons (Fsp3) is 0.261. The number of likely N-dealkylation sites (N-methyl/N-ethyl adjacent to an activating group) is 1. The number of anilines is 1. The van der Waals surface area contributed by atoms with E-state index in [0.717, 1.165) is 21.9 Å². The molecule has 3 aromatic rings. The van der Waals surface area contributed by atoms with Crippen LogP contribution in [0.3, 0.4) is 0 Å². The zero-order valence-corrected chi connectivity index (χ0v) is 18.4. The van der Waals surface area contributed by atoms with Gasteiger partial charge in [-0.15, -0.1) is 11.3 Å². The van der Waals surface area contributed by atoms with Gasteiger partial charge in [0.15, 0.2) is 0 Å². The topological polar surface area (TPSA) is 71.5 Å². The Morgan fingerprint density at radius 2 is 1.73 bits per heavy atom. The molecule has 7 heteroatoms. The molecule has 0 spiro atoms. The molecule has 0 saturated carbocycles. The molecule has 0 aliphatic rings. The van der Waals surface area contributed by atoms with Crippen molar-refractivity contribution in [3.63, 3.8) is 0 Å². The van der Waals surface area contributed by atoms with Crippen molar-refractivity contribution in [2.24, 2.45) is 0 Å². The Morgan fingerprint density at radius 1 is 1.07 bits per heavy atom. The van der Waals surface area contributed by atoms with Crippen molar-refractivity contribution in [2.45, 2.75) is 20.8 Å². The van der Waals surface area contributed by atoms with Gasteiger partial charge in [-0.05, 0) is 57.2 Å². The highest BCUT2D eigenvalue weighted by Gasteiger charge is 2.21. The number of amides is 2. The Hall–Kier alpha value is -3.19. The molecule has 0 unspecified atom stereocenters. The molecular formula is C23H25N3O3S. The zero-order valence-electron chi connectivity index (χ0n) is 17.6. The van der Waals surface area contributed by atoms with Crippen LogP contribution in [0.5, 0.6) is 5.75 Å². The Bertz CT molecular complexity index is 1030. The van der Waals surface area contributed by atoms with E-state index < -0.39 is 0 Å². The first kappa shape index (κ1) is 21.5. The van der Waals surface area contributed by atoms with Gasteiger partial charge in [-0.25, -0.2) is 4.98 Å². The third-order valence-corrected chi connectivity index (χ3v) is 5.66. The normalized spacial score (nSPS) is 10.5. The molecule has 0 atom stereocenters. The van der Waals surface area contributed by atoms with Crippen molar-refractivity contribution in [1.29, 1.82) is 0 Å². The molecule has 0 bridgehead atoms. The highest BCUT2D eigenvalue weighted by molar-refractivity contribution is 7.17. The SMILES string of the molecule is CCOc1ccc(-c2nc(C)c(C(=O)N(C)CC(=O)Nc3ccc(C)cc3)s2)cc1. The summed E-state index contributed by atoms with van der Waals surface area (Å²) in [5.41, 5.74) is 3.40. The summed E-state index contributed by atoms with van der Waals surface area (Å²) in [5.74, 6) is 0.329. The molecule has 1 aromatic heterocycles. The minimum absolute atomic E-state index is 0.0392. The van der Waals surface area contributed by atoms with Crippen LogP contribution in [0.25, 0.3) is 10.6 Å². The molecule has 156 valence electrons. The fourth-order valence-electron chi connectivity index (χ4n) is 2.88. The summed E-state index contributed by atoms with van der Waals surface area (Å²) >= 11 is 1.33. The number of ether oxygens (including phenoxy) is 1. The van der Waals surface area contributed by atoms with Crippen LogP contribution < -0.4 is 10.1 Å². The molecular weight excluding hydrogens is 398 g/mol. The van der Waals surface area contributed by atoms with Gasteiger partial charge >= 0.3 is 0 Å². The number of benzene rings is 2. The summed E-state index contributed by atoms with van der Waals surface area (Å²) in [7, 11) is 1.62. The van der Waals surface area contributed by atoms with Gasteiger partial charge < -0.3 is 15.0 Å². The molecule has 2 aromatic carbocycles. The first-order valence-electron chi connectivity index (χ1n) is 9.70. The van der Waals surface area contributed by atoms with Crippen molar-refractivity contribution >= 4 is 28.8 Å². The lowest BCUT2D eigenvalue weighted by Crippen LogP contribution is -2.34. The van der Waals surface area contributed by atoms with Crippen LogP contribution in [0.4, 0.5) is 5.69 Å². The molecule has 0 fully saturated rings. The zero-order chi connectivity index (χ0) is 21.7. The average Bonchev–Trinajstić information content (AvgIpc) is 3.11. The number of rotatable bonds is 7. The van der Waals surface area contributed by atoms with Gasteiger partial charge in [-0.1, -0.05) is 17.7 Å². The molecule has 1 N–H and O–H groups in total. The van der Waals surface area contributed by atoms with E-state index in [1.54, 1.807) is 7.05 Å².